The zero-order valence-electron chi connectivity index (χ0n) is 20.4. The number of hydrogen-bond donors (Lipinski definition) is 2. The summed E-state index contributed by atoms with van der Waals surface area (Å²) in [4.78, 5) is 13.8. The highest BCUT2D eigenvalue weighted by atomic mass is 19.1. The van der Waals surface area contributed by atoms with Gasteiger partial charge in [-0.2, -0.15) is 0 Å². The quantitative estimate of drug-likeness (QED) is 0.272. The molecule has 0 bridgehead atoms. The number of nitrogens with one attached hydrogen (secondary N) is 1. The molecular weight excluding hydrogens is 391 g/mol. The normalized spacial score (nSPS) is 15.0. The summed E-state index contributed by atoms with van der Waals surface area (Å²) in [5.41, 5.74) is 3.32. The molecule has 1 aliphatic heterocycles. The smallest absolute Gasteiger partial charge is 0.274 e. The first-order valence-electron chi connectivity index (χ1n) is 11.6. The number of carbonyl (C=O) groups excluding carboxylic acids is 1. The van der Waals surface area contributed by atoms with Crippen LogP contribution in [0.2, 0.25) is 0 Å². The highest BCUT2D eigenvalue weighted by Gasteiger charge is 2.27. The summed E-state index contributed by atoms with van der Waals surface area (Å²) >= 11 is 0. The van der Waals surface area contributed by atoms with Gasteiger partial charge in [0.15, 0.2) is 0 Å². The number of unbranched alkanes of at least 4 members (excludes halogenated alkanes) is 1. The average molecular weight is 435 g/mol. The van der Waals surface area contributed by atoms with Gasteiger partial charge in [-0.1, -0.05) is 66.2 Å². The largest absolute Gasteiger partial charge is 0.298 e. The molecule has 0 fully saturated rings. The molecule has 0 saturated heterocycles. The molecule has 1 aliphatic rings. The van der Waals surface area contributed by atoms with Crippen LogP contribution in [-0.2, 0) is 13.0 Å². The van der Waals surface area contributed by atoms with E-state index in [0.29, 0.717) is 18.5 Å². The zero-order chi connectivity index (χ0) is 23.9. The maximum Gasteiger partial charge on any atom is 0.274 e. The lowest BCUT2D eigenvalue weighted by Crippen LogP contribution is -2.38. The number of nitrogens with zero attached hydrogens (tertiary/aromatic N) is 1. The third-order valence-corrected chi connectivity index (χ3v) is 5.37. The standard InChI is InChI=1S/C19H27FN2O2.C5H10.C2H6/c1-4-6-8-19(3,5-2)13-22-9-7-14-10-15(18(23)21-24)11-17(20)16(14)12-22;1-3-5-4-2;1-2/h6,8,10-11,24H,4-5,7,9,12-13H2,1-3H3,(H,21,23);3H,1,4-5H2,2H3;1-2H3. The Morgan fingerprint density at radius 3 is 2.48 bits per heavy atom. The van der Waals surface area contributed by atoms with Crippen LogP contribution < -0.4 is 5.48 Å². The number of rotatable bonds is 8. The summed E-state index contributed by atoms with van der Waals surface area (Å²) in [6.45, 7) is 18.5. The lowest BCUT2D eigenvalue weighted by atomic mass is 9.85. The third kappa shape index (κ3) is 9.79. The monoisotopic (exact) mass is 434 g/mol. The van der Waals surface area contributed by atoms with E-state index in [1.165, 1.54) is 12.5 Å². The Kier molecular flexibility index (Phi) is 14.8. The van der Waals surface area contributed by atoms with Gasteiger partial charge >= 0.3 is 0 Å². The number of benzene rings is 1. The van der Waals surface area contributed by atoms with E-state index in [1.807, 2.05) is 19.9 Å². The molecule has 0 spiro atoms. The molecule has 0 aromatic heterocycles. The van der Waals surface area contributed by atoms with Crippen LogP contribution in [0.4, 0.5) is 4.39 Å². The van der Waals surface area contributed by atoms with Crippen molar-refractivity contribution in [3.05, 3.63) is 59.4 Å². The van der Waals surface area contributed by atoms with Crippen molar-refractivity contribution in [1.29, 1.82) is 0 Å². The second kappa shape index (κ2) is 15.8. The summed E-state index contributed by atoms with van der Waals surface area (Å²) < 4.78 is 14.4. The molecule has 0 aliphatic carbocycles. The van der Waals surface area contributed by atoms with E-state index in [2.05, 4.69) is 51.3 Å². The predicted octanol–water partition coefficient (Wildman–Crippen LogP) is 6.68. The number of hydrogen-bond acceptors (Lipinski definition) is 3. The van der Waals surface area contributed by atoms with Gasteiger partial charge < -0.3 is 0 Å². The summed E-state index contributed by atoms with van der Waals surface area (Å²) in [5.74, 6) is -1.06. The average Bonchev–Trinajstić information content (AvgIpc) is 2.79. The molecule has 4 nitrogen and oxygen atoms in total. The van der Waals surface area contributed by atoms with Gasteiger partial charge in [-0.05, 0) is 48.8 Å². The number of allylic oxidation sites excluding steroid dienone is 2. The second-order valence-corrected chi connectivity index (χ2v) is 7.89. The number of hydroxylamine groups is 1. The Labute approximate surface area is 189 Å². The minimum absolute atomic E-state index is 0.0840. The molecule has 1 heterocycles. The van der Waals surface area contributed by atoms with Crippen molar-refractivity contribution in [2.75, 3.05) is 13.1 Å². The van der Waals surface area contributed by atoms with Crippen molar-refractivity contribution >= 4 is 5.91 Å². The Morgan fingerprint density at radius 1 is 1.32 bits per heavy atom. The van der Waals surface area contributed by atoms with Crippen LogP contribution in [-0.4, -0.2) is 29.1 Å². The first-order chi connectivity index (χ1) is 14.8. The van der Waals surface area contributed by atoms with Gasteiger partial charge in [0.2, 0.25) is 0 Å². The summed E-state index contributed by atoms with van der Waals surface area (Å²) in [7, 11) is 0. The zero-order valence-corrected chi connectivity index (χ0v) is 20.4. The lowest BCUT2D eigenvalue weighted by Gasteiger charge is -2.36. The van der Waals surface area contributed by atoms with Gasteiger partial charge in [-0.3, -0.25) is 14.9 Å². The number of carbonyl (C=O) groups is 1. The van der Waals surface area contributed by atoms with E-state index < -0.39 is 5.91 Å². The maximum atomic E-state index is 14.4. The van der Waals surface area contributed by atoms with Crippen LogP contribution in [0.25, 0.3) is 0 Å². The molecule has 1 aromatic rings. The van der Waals surface area contributed by atoms with Crippen molar-refractivity contribution < 1.29 is 14.4 Å². The molecule has 0 radical (unpaired) electrons. The van der Waals surface area contributed by atoms with Crippen LogP contribution >= 0.6 is 0 Å². The van der Waals surface area contributed by atoms with Gasteiger partial charge in [0.1, 0.15) is 5.82 Å². The van der Waals surface area contributed by atoms with E-state index in [4.69, 9.17) is 5.21 Å². The van der Waals surface area contributed by atoms with Crippen molar-refractivity contribution in [2.24, 2.45) is 5.41 Å². The van der Waals surface area contributed by atoms with Crippen molar-refractivity contribution in [3.63, 3.8) is 0 Å². The molecular formula is C26H43FN2O2. The van der Waals surface area contributed by atoms with Crippen LogP contribution in [0.15, 0.2) is 36.9 Å². The van der Waals surface area contributed by atoms with E-state index in [9.17, 15) is 9.18 Å². The molecule has 5 heteroatoms. The van der Waals surface area contributed by atoms with Gasteiger partial charge in [0, 0.05) is 30.8 Å². The molecule has 1 unspecified atom stereocenters. The van der Waals surface area contributed by atoms with E-state index in [1.54, 1.807) is 11.5 Å². The molecule has 2 rings (SSSR count). The number of fused-ring (bicyclic) bond motifs is 1. The fraction of sp³-hybridized carbons (Fsp3) is 0.577. The fourth-order valence-electron chi connectivity index (χ4n) is 3.41. The van der Waals surface area contributed by atoms with Gasteiger partial charge in [-0.25, -0.2) is 9.87 Å². The molecule has 0 saturated carbocycles. The van der Waals surface area contributed by atoms with Crippen molar-refractivity contribution in [2.45, 2.75) is 80.2 Å². The van der Waals surface area contributed by atoms with Crippen LogP contribution in [0.5, 0.6) is 0 Å². The summed E-state index contributed by atoms with van der Waals surface area (Å²) in [6, 6.07) is 2.88. The Hall–Kier alpha value is -1.98. The Morgan fingerprint density at radius 2 is 2.00 bits per heavy atom. The minimum atomic E-state index is -0.678. The fourth-order valence-corrected chi connectivity index (χ4v) is 3.41. The first-order valence-corrected chi connectivity index (χ1v) is 11.6. The van der Waals surface area contributed by atoms with E-state index in [0.717, 1.165) is 37.9 Å². The third-order valence-electron chi connectivity index (χ3n) is 5.37. The highest BCUT2D eigenvalue weighted by molar-refractivity contribution is 5.93. The van der Waals surface area contributed by atoms with Crippen molar-refractivity contribution in [3.8, 4) is 0 Å². The Balaban J connectivity index is 0.00000113. The molecule has 1 aromatic carbocycles. The second-order valence-electron chi connectivity index (χ2n) is 7.89. The molecule has 1 amide bonds. The maximum absolute atomic E-state index is 14.4. The molecule has 31 heavy (non-hydrogen) atoms. The first kappa shape index (κ1) is 29.0. The van der Waals surface area contributed by atoms with Gasteiger partial charge in [0.25, 0.3) is 5.91 Å². The van der Waals surface area contributed by atoms with E-state index >= 15 is 0 Å². The molecule has 1 atom stereocenters. The van der Waals surface area contributed by atoms with Gasteiger partial charge in [-0.15, -0.1) is 6.58 Å². The highest BCUT2D eigenvalue weighted by Crippen LogP contribution is 2.29. The topological polar surface area (TPSA) is 52.6 Å². The van der Waals surface area contributed by atoms with E-state index in [-0.39, 0.29) is 16.8 Å². The Bertz CT molecular complexity index is 703. The predicted molar refractivity (Wildman–Crippen MR) is 129 cm³/mol. The van der Waals surface area contributed by atoms with Crippen LogP contribution in [0.3, 0.4) is 0 Å². The summed E-state index contributed by atoms with van der Waals surface area (Å²) in [6.07, 6.45) is 11.5. The minimum Gasteiger partial charge on any atom is -0.298 e. The number of halogens is 1. The van der Waals surface area contributed by atoms with Crippen LogP contribution in [0, 0.1) is 11.2 Å². The lowest BCUT2D eigenvalue weighted by molar-refractivity contribution is 0.0705. The molecule has 176 valence electrons. The van der Waals surface area contributed by atoms with Crippen molar-refractivity contribution in [1.82, 2.24) is 10.4 Å². The van der Waals surface area contributed by atoms with Gasteiger partial charge in [0.05, 0.1) is 0 Å². The number of amides is 1. The van der Waals surface area contributed by atoms with Crippen LogP contribution in [0.1, 0.15) is 88.7 Å². The summed E-state index contributed by atoms with van der Waals surface area (Å²) in [5, 5.41) is 8.71. The molecule has 2 N–H and O–H groups in total. The SMILES string of the molecule is C=CCCC.CC.CCC=CC(C)(CC)CN1CCc2cc(C(=O)NO)cc(F)c2C1.